The molecular formula is C19H21IN2. The summed E-state index contributed by atoms with van der Waals surface area (Å²) >= 11 is 2.33. The van der Waals surface area contributed by atoms with Gasteiger partial charge >= 0.3 is 0 Å². The van der Waals surface area contributed by atoms with Crippen LogP contribution >= 0.6 is 22.6 Å². The number of benzene rings is 2. The summed E-state index contributed by atoms with van der Waals surface area (Å²) in [5.41, 5.74) is 4.75. The van der Waals surface area contributed by atoms with Gasteiger partial charge in [-0.05, 0) is 90.2 Å². The van der Waals surface area contributed by atoms with Gasteiger partial charge in [0.05, 0.1) is 5.69 Å². The highest BCUT2D eigenvalue weighted by molar-refractivity contribution is 14.1. The SMILES string of the molecule is Cc1cc(I)ccc1N=Cc1ccc(N2CCCCC2)cc1. The fraction of sp³-hybridized carbons (Fsp3) is 0.316. The number of aryl methyl sites for hydroxylation is 1. The Morgan fingerprint density at radius 1 is 1.00 bits per heavy atom. The van der Waals surface area contributed by atoms with Crippen LogP contribution in [0.4, 0.5) is 11.4 Å². The van der Waals surface area contributed by atoms with Gasteiger partial charge in [-0.25, -0.2) is 0 Å². The average molecular weight is 404 g/mol. The molecule has 1 fully saturated rings. The number of piperidine rings is 1. The average Bonchev–Trinajstić information content (AvgIpc) is 2.55. The smallest absolute Gasteiger partial charge is 0.0659 e. The highest BCUT2D eigenvalue weighted by Gasteiger charge is 2.10. The molecule has 1 heterocycles. The third-order valence-electron chi connectivity index (χ3n) is 4.13. The van der Waals surface area contributed by atoms with Crippen LogP contribution in [0.5, 0.6) is 0 Å². The Balaban J connectivity index is 1.71. The van der Waals surface area contributed by atoms with Gasteiger partial charge in [0.2, 0.25) is 0 Å². The molecule has 0 unspecified atom stereocenters. The standard InChI is InChI=1S/C19H21IN2/c1-15-13-17(20)7-10-19(15)21-14-16-5-8-18(9-6-16)22-11-3-2-4-12-22/h5-10,13-14H,2-4,11-12H2,1H3. The molecule has 1 saturated heterocycles. The summed E-state index contributed by atoms with van der Waals surface area (Å²) in [6, 6.07) is 15.1. The zero-order chi connectivity index (χ0) is 15.4. The maximum absolute atomic E-state index is 4.62. The van der Waals surface area contributed by atoms with Crippen LogP contribution < -0.4 is 4.90 Å². The summed E-state index contributed by atoms with van der Waals surface area (Å²) in [5.74, 6) is 0. The second kappa shape index (κ2) is 7.27. The predicted molar refractivity (Wildman–Crippen MR) is 104 cm³/mol. The van der Waals surface area contributed by atoms with Gasteiger partial charge in [0.1, 0.15) is 0 Å². The number of anilines is 1. The van der Waals surface area contributed by atoms with Crippen LogP contribution in [0, 0.1) is 10.5 Å². The van der Waals surface area contributed by atoms with Crippen LogP contribution in [-0.4, -0.2) is 19.3 Å². The second-order valence-electron chi connectivity index (χ2n) is 5.83. The number of hydrogen-bond donors (Lipinski definition) is 0. The Kier molecular flexibility index (Phi) is 5.13. The minimum Gasteiger partial charge on any atom is -0.372 e. The highest BCUT2D eigenvalue weighted by Crippen LogP contribution is 2.22. The van der Waals surface area contributed by atoms with Gasteiger partial charge in [0, 0.05) is 28.6 Å². The Bertz CT molecular complexity index is 656. The highest BCUT2D eigenvalue weighted by atomic mass is 127. The molecule has 0 atom stereocenters. The molecule has 2 aromatic rings. The van der Waals surface area contributed by atoms with Crippen LogP contribution in [0.3, 0.4) is 0 Å². The van der Waals surface area contributed by atoms with E-state index in [2.05, 4.69) is 81.9 Å². The number of aliphatic imine (C=N–C) groups is 1. The summed E-state index contributed by atoms with van der Waals surface area (Å²) in [6.45, 7) is 4.48. The second-order valence-corrected chi connectivity index (χ2v) is 7.07. The number of rotatable bonds is 3. The van der Waals surface area contributed by atoms with Gasteiger partial charge in [0.15, 0.2) is 0 Å². The van der Waals surface area contributed by atoms with Crippen LogP contribution in [0.15, 0.2) is 47.5 Å². The maximum Gasteiger partial charge on any atom is 0.0659 e. The van der Waals surface area contributed by atoms with Crippen LogP contribution in [-0.2, 0) is 0 Å². The summed E-state index contributed by atoms with van der Waals surface area (Å²) in [4.78, 5) is 7.10. The van der Waals surface area contributed by atoms with E-state index in [-0.39, 0.29) is 0 Å². The molecule has 1 aliphatic rings. The molecule has 0 N–H and O–H groups in total. The molecule has 3 heteroatoms. The van der Waals surface area contributed by atoms with Gasteiger partial charge in [-0.15, -0.1) is 0 Å². The van der Waals surface area contributed by atoms with Crippen molar-refractivity contribution >= 4 is 40.2 Å². The fourth-order valence-corrected chi connectivity index (χ4v) is 3.48. The molecule has 22 heavy (non-hydrogen) atoms. The van der Waals surface area contributed by atoms with Gasteiger partial charge in [-0.1, -0.05) is 12.1 Å². The Morgan fingerprint density at radius 3 is 2.41 bits per heavy atom. The molecule has 114 valence electrons. The van der Waals surface area contributed by atoms with Crippen molar-refractivity contribution in [3.63, 3.8) is 0 Å². The van der Waals surface area contributed by atoms with Crippen LogP contribution in [0.1, 0.15) is 30.4 Å². The summed E-state index contributed by atoms with van der Waals surface area (Å²) in [5, 5.41) is 0. The van der Waals surface area contributed by atoms with E-state index in [1.54, 1.807) is 0 Å². The van der Waals surface area contributed by atoms with E-state index in [0.717, 1.165) is 11.3 Å². The van der Waals surface area contributed by atoms with Crippen molar-refractivity contribution in [2.45, 2.75) is 26.2 Å². The molecule has 0 aromatic heterocycles. The summed E-state index contributed by atoms with van der Waals surface area (Å²) in [6.07, 6.45) is 5.95. The molecule has 0 spiro atoms. The van der Waals surface area contributed by atoms with E-state index in [4.69, 9.17) is 0 Å². The first-order valence-corrected chi connectivity index (χ1v) is 8.95. The van der Waals surface area contributed by atoms with Crippen molar-refractivity contribution in [1.82, 2.24) is 0 Å². The molecule has 2 aromatic carbocycles. The van der Waals surface area contributed by atoms with E-state index in [9.17, 15) is 0 Å². The van der Waals surface area contributed by atoms with Crippen molar-refractivity contribution in [2.24, 2.45) is 4.99 Å². The first-order valence-electron chi connectivity index (χ1n) is 7.87. The van der Waals surface area contributed by atoms with Crippen LogP contribution in [0.25, 0.3) is 0 Å². The molecule has 1 aliphatic heterocycles. The number of hydrogen-bond acceptors (Lipinski definition) is 2. The monoisotopic (exact) mass is 404 g/mol. The van der Waals surface area contributed by atoms with Crippen LogP contribution in [0.2, 0.25) is 0 Å². The van der Waals surface area contributed by atoms with E-state index < -0.39 is 0 Å². The lowest BCUT2D eigenvalue weighted by Crippen LogP contribution is -2.29. The van der Waals surface area contributed by atoms with Gasteiger partial charge in [-0.2, -0.15) is 0 Å². The Morgan fingerprint density at radius 2 is 1.73 bits per heavy atom. The molecule has 3 rings (SSSR count). The lowest BCUT2D eigenvalue weighted by atomic mass is 10.1. The third-order valence-corrected chi connectivity index (χ3v) is 4.80. The zero-order valence-corrected chi connectivity index (χ0v) is 15.1. The first-order chi connectivity index (χ1) is 10.7. The van der Waals surface area contributed by atoms with Crippen molar-refractivity contribution in [3.05, 3.63) is 57.2 Å². The molecule has 0 radical (unpaired) electrons. The molecule has 2 nitrogen and oxygen atoms in total. The molecule has 0 amide bonds. The molecule has 0 bridgehead atoms. The fourth-order valence-electron chi connectivity index (χ4n) is 2.83. The van der Waals surface area contributed by atoms with Crippen molar-refractivity contribution in [3.8, 4) is 0 Å². The number of halogens is 1. The summed E-state index contributed by atoms with van der Waals surface area (Å²) in [7, 11) is 0. The Hall–Kier alpha value is -1.36. The number of nitrogens with zero attached hydrogens (tertiary/aromatic N) is 2. The molecular weight excluding hydrogens is 383 g/mol. The normalized spacial score (nSPS) is 15.5. The zero-order valence-electron chi connectivity index (χ0n) is 12.9. The lowest BCUT2D eigenvalue weighted by molar-refractivity contribution is 0.578. The van der Waals surface area contributed by atoms with E-state index in [0.29, 0.717) is 0 Å². The van der Waals surface area contributed by atoms with Crippen molar-refractivity contribution in [1.29, 1.82) is 0 Å². The maximum atomic E-state index is 4.62. The minimum atomic E-state index is 1.04. The first kappa shape index (κ1) is 15.5. The van der Waals surface area contributed by atoms with Gasteiger partial charge < -0.3 is 4.90 Å². The largest absolute Gasteiger partial charge is 0.372 e. The summed E-state index contributed by atoms with van der Waals surface area (Å²) < 4.78 is 1.25. The van der Waals surface area contributed by atoms with E-state index >= 15 is 0 Å². The van der Waals surface area contributed by atoms with E-state index in [1.807, 2.05) is 6.21 Å². The topological polar surface area (TPSA) is 15.6 Å². The van der Waals surface area contributed by atoms with Crippen molar-refractivity contribution < 1.29 is 0 Å². The Labute approximate surface area is 146 Å². The predicted octanol–water partition coefficient (Wildman–Crippen LogP) is 5.34. The third kappa shape index (κ3) is 3.88. The van der Waals surface area contributed by atoms with E-state index in [1.165, 1.54) is 47.2 Å². The van der Waals surface area contributed by atoms with Crippen molar-refractivity contribution in [2.75, 3.05) is 18.0 Å². The molecule has 0 saturated carbocycles. The minimum absolute atomic E-state index is 1.04. The van der Waals surface area contributed by atoms with Gasteiger partial charge in [0.25, 0.3) is 0 Å². The quantitative estimate of drug-likeness (QED) is 0.498. The van der Waals surface area contributed by atoms with Gasteiger partial charge in [-0.3, -0.25) is 4.99 Å². The molecule has 0 aliphatic carbocycles. The lowest BCUT2D eigenvalue weighted by Gasteiger charge is -2.28.